The largest absolute Gasteiger partial charge is 0.386 e. The van der Waals surface area contributed by atoms with Gasteiger partial charge in [-0.3, -0.25) is 4.98 Å². The van der Waals surface area contributed by atoms with Crippen molar-refractivity contribution in [3.05, 3.63) is 28.5 Å². The predicted molar refractivity (Wildman–Crippen MR) is 47.1 cm³/mol. The van der Waals surface area contributed by atoms with Crippen molar-refractivity contribution in [2.45, 2.75) is 12.5 Å². The number of aliphatic hydroxyl groups excluding tert-OH is 1. The third-order valence-corrected chi connectivity index (χ3v) is 2.06. The standard InChI is InChI=1S/C8H7BrN2O/c9-6-2-1-5-11-8(6)7(12)3-4-10/h1-2,5,7,12H,3H2. The topological polar surface area (TPSA) is 56.9 Å². The van der Waals surface area contributed by atoms with Gasteiger partial charge >= 0.3 is 0 Å². The maximum Gasteiger partial charge on any atom is 0.110 e. The number of halogens is 1. The highest BCUT2D eigenvalue weighted by Gasteiger charge is 2.10. The molecule has 0 aliphatic rings. The monoisotopic (exact) mass is 226 g/mol. The van der Waals surface area contributed by atoms with Gasteiger partial charge in [0, 0.05) is 10.7 Å². The second-order valence-corrected chi connectivity index (χ2v) is 3.10. The van der Waals surface area contributed by atoms with Gasteiger partial charge in [-0.15, -0.1) is 0 Å². The lowest BCUT2D eigenvalue weighted by molar-refractivity contribution is 0.177. The molecule has 0 fully saturated rings. The van der Waals surface area contributed by atoms with E-state index < -0.39 is 6.10 Å². The molecule has 0 saturated carbocycles. The normalized spacial score (nSPS) is 12.1. The minimum atomic E-state index is -0.800. The van der Waals surface area contributed by atoms with Crippen molar-refractivity contribution in [1.29, 1.82) is 5.26 Å². The fourth-order valence-corrected chi connectivity index (χ4v) is 1.35. The molecule has 0 spiro atoms. The van der Waals surface area contributed by atoms with Gasteiger partial charge in [0.05, 0.1) is 18.2 Å². The minimum absolute atomic E-state index is 0.0651. The summed E-state index contributed by atoms with van der Waals surface area (Å²) >= 11 is 3.23. The molecular formula is C8H7BrN2O. The SMILES string of the molecule is N#CCC(O)c1ncccc1Br. The number of hydrogen-bond donors (Lipinski definition) is 1. The molecule has 0 radical (unpaired) electrons. The zero-order valence-electron chi connectivity index (χ0n) is 6.24. The van der Waals surface area contributed by atoms with Gasteiger partial charge in [0.25, 0.3) is 0 Å². The molecule has 1 heterocycles. The average molecular weight is 227 g/mol. The molecule has 0 aliphatic carbocycles. The lowest BCUT2D eigenvalue weighted by Crippen LogP contribution is -1.99. The number of aliphatic hydroxyl groups is 1. The van der Waals surface area contributed by atoms with E-state index in [9.17, 15) is 5.11 Å². The zero-order chi connectivity index (χ0) is 8.97. The van der Waals surface area contributed by atoms with E-state index >= 15 is 0 Å². The van der Waals surface area contributed by atoms with E-state index in [0.29, 0.717) is 5.69 Å². The molecule has 1 atom stereocenters. The first-order valence-electron chi connectivity index (χ1n) is 3.41. The second kappa shape index (κ2) is 4.19. The first-order chi connectivity index (χ1) is 5.75. The number of pyridine rings is 1. The molecule has 1 unspecified atom stereocenters. The van der Waals surface area contributed by atoms with Crippen molar-refractivity contribution in [3.63, 3.8) is 0 Å². The van der Waals surface area contributed by atoms with Gasteiger partial charge in [-0.25, -0.2) is 0 Å². The molecule has 1 aromatic heterocycles. The van der Waals surface area contributed by atoms with Crippen LogP contribution < -0.4 is 0 Å². The molecule has 1 rings (SSSR count). The van der Waals surface area contributed by atoms with Crippen molar-refractivity contribution >= 4 is 15.9 Å². The van der Waals surface area contributed by atoms with Crippen LogP contribution in [0.4, 0.5) is 0 Å². The third kappa shape index (κ3) is 2.03. The summed E-state index contributed by atoms with van der Waals surface area (Å²) in [6.45, 7) is 0. The highest BCUT2D eigenvalue weighted by molar-refractivity contribution is 9.10. The Morgan fingerprint density at radius 1 is 1.75 bits per heavy atom. The van der Waals surface area contributed by atoms with Crippen molar-refractivity contribution in [2.75, 3.05) is 0 Å². The summed E-state index contributed by atoms with van der Waals surface area (Å²) < 4.78 is 0.729. The van der Waals surface area contributed by atoms with Crippen LogP contribution in [0.15, 0.2) is 22.8 Å². The zero-order valence-corrected chi connectivity index (χ0v) is 7.82. The van der Waals surface area contributed by atoms with Crippen molar-refractivity contribution < 1.29 is 5.11 Å². The average Bonchev–Trinajstić information content (AvgIpc) is 2.05. The van der Waals surface area contributed by atoms with Gasteiger partial charge in [-0.05, 0) is 28.1 Å². The number of hydrogen-bond acceptors (Lipinski definition) is 3. The summed E-state index contributed by atoms with van der Waals surface area (Å²) in [6.07, 6.45) is 0.849. The van der Waals surface area contributed by atoms with Crippen molar-refractivity contribution in [3.8, 4) is 6.07 Å². The van der Waals surface area contributed by atoms with Crippen LogP contribution in [-0.2, 0) is 0 Å². The summed E-state index contributed by atoms with van der Waals surface area (Å²) in [4.78, 5) is 3.95. The Bertz CT molecular complexity index is 308. The van der Waals surface area contributed by atoms with E-state index in [1.54, 1.807) is 18.3 Å². The molecule has 12 heavy (non-hydrogen) atoms. The smallest absolute Gasteiger partial charge is 0.110 e. The molecule has 0 amide bonds. The molecule has 1 N–H and O–H groups in total. The summed E-state index contributed by atoms with van der Waals surface area (Å²) in [5, 5.41) is 17.7. The first kappa shape index (κ1) is 9.17. The Morgan fingerprint density at radius 3 is 3.08 bits per heavy atom. The van der Waals surface area contributed by atoms with Crippen LogP contribution in [0.1, 0.15) is 18.2 Å². The maximum atomic E-state index is 9.39. The summed E-state index contributed by atoms with van der Waals surface area (Å²) in [7, 11) is 0. The highest BCUT2D eigenvalue weighted by atomic mass is 79.9. The summed E-state index contributed by atoms with van der Waals surface area (Å²) in [5.74, 6) is 0. The summed E-state index contributed by atoms with van der Waals surface area (Å²) in [6, 6.07) is 5.42. The second-order valence-electron chi connectivity index (χ2n) is 2.25. The number of nitrogens with zero attached hydrogens (tertiary/aromatic N) is 2. The maximum absolute atomic E-state index is 9.39. The van der Waals surface area contributed by atoms with E-state index in [1.807, 2.05) is 6.07 Å². The lowest BCUT2D eigenvalue weighted by Gasteiger charge is -2.06. The van der Waals surface area contributed by atoms with E-state index in [1.165, 1.54) is 0 Å². The van der Waals surface area contributed by atoms with E-state index in [-0.39, 0.29) is 6.42 Å². The Hall–Kier alpha value is -0.920. The van der Waals surface area contributed by atoms with Gasteiger partial charge < -0.3 is 5.11 Å². The Morgan fingerprint density at radius 2 is 2.50 bits per heavy atom. The van der Waals surface area contributed by atoms with Crippen LogP contribution in [0.2, 0.25) is 0 Å². The fraction of sp³-hybridized carbons (Fsp3) is 0.250. The first-order valence-corrected chi connectivity index (χ1v) is 4.20. The van der Waals surface area contributed by atoms with Crippen molar-refractivity contribution in [2.24, 2.45) is 0 Å². The number of rotatable bonds is 2. The quantitative estimate of drug-likeness (QED) is 0.837. The minimum Gasteiger partial charge on any atom is -0.386 e. The molecule has 0 aromatic carbocycles. The predicted octanol–water partition coefficient (Wildman–Crippen LogP) is 1.79. The van der Waals surface area contributed by atoms with E-state index in [0.717, 1.165) is 4.47 Å². The van der Waals surface area contributed by atoms with E-state index in [2.05, 4.69) is 20.9 Å². The highest BCUT2D eigenvalue weighted by Crippen LogP contribution is 2.22. The molecule has 1 aromatic rings. The lowest BCUT2D eigenvalue weighted by atomic mass is 10.2. The van der Waals surface area contributed by atoms with Crippen LogP contribution >= 0.6 is 15.9 Å². The van der Waals surface area contributed by atoms with Crippen molar-refractivity contribution in [1.82, 2.24) is 4.98 Å². The van der Waals surface area contributed by atoms with Gasteiger partial charge in [0.2, 0.25) is 0 Å². The Labute approximate surface area is 78.8 Å². The van der Waals surface area contributed by atoms with Gasteiger partial charge in [-0.2, -0.15) is 5.26 Å². The molecule has 4 heteroatoms. The molecule has 0 bridgehead atoms. The van der Waals surface area contributed by atoms with E-state index in [4.69, 9.17) is 5.26 Å². The van der Waals surface area contributed by atoms with Crippen LogP contribution in [0.25, 0.3) is 0 Å². The van der Waals surface area contributed by atoms with Gasteiger partial charge in [0.1, 0.15) is 6.10 Å². The molecule has 0 saturated heterocycles. The van der Waals surface area contributed by atoms with Crippen LogP contribution in [0.3, 0.4) is 0 Å². The molecular weight excluding hydrogens is 220 g/mol. The number of aromatic nitrogens is 1. The van der Waals surface area contributed by atoms with Crippen LogP contribution in [0, 0.1) is 11.3 Å². The fourth-order valence-electron chi connectivity index (χ4n) is 0.826. The number of nitriles is 1. The van der Waals surface area contributed by atoms with Crippen LogP contribution in [-0.4, -0.2) is 10.1 Å². The molecule has 0 aliphatic heterocycles. The third-order valence-electron chi connectivity index (χ3n) is 1.39. The van der Waals surface area contributed by atoms with Crippen LogP contribution in [0.5, 0.6) is 0 Å². The summed E-state index contributed by atoms with van der Waals surface area (Å²) in [5.41, 5.74) is 0.513. The Kier molecular flexibility index (Phi) is 3.20. The Balaban J connectivity index is 2.88. The molecule has 62 valence electrons. The van der Waals surface area contributed by atoms with Gasteiger partial charge in [0.15, 0.2) is 0 Å². The molecule has 3 nitrogen and oxygen atoms in total. The van der Waals surface area contributed by atoms with Gasteiger partial charge in [-0.1, -0.05) is 0 Å².